The number of nitrogens with one attached hydrogen (secondary N) is 3. The van der Waals surface area contributed by atoms with Crippen LogP contribution < -0.4 is 15.4 Å². The van der Waals surface area contributed by atoms with E-state index in [1.165, 1.54) is 31.3 Å². The van der Waals surface area contributed by atoms with Gasteiger partial charge in [-0.25, -0.2) is 14.8 Å². The summed E-state index contributed by atoms with van der Waals surface area (Å²) in [6.07, 6.45) is 5.76. The first-order valence-electron chi connectivity index (χ1n) is 13.0. The number of rotatable bonds is 10. The van der Waals surface area contributed by atoms with Gasteiger partial charge in [-0.05, 0) is 52.9 Å². The first-order chi connectivity index (χ1) is 21.3. The lowest BCUT2D eigenvalue weighted by molar-refractivity contribution is -0.117. The Balaban J connectivity index is 1.43. The van der Waals surface area contributed by atoms with E-state index in [1.807, 2.05) is 6.07 Å². The van der Waals surface area contributed by atoms with Gasteiger partial charge in [0, 0.05) is 46.1 Å². The number of pyridine rings is 1. The summed E-state index contributed by atoms with van der Waals surface area (Å²) in [5.74, 6) is 0.415. The molecule has 2 amide bonds. The highest BCUT2D eigenvalue weighted by Crippen LogP contribution is 2.30. The smallest absolute Gasteiger partial charge is 0.411 e. The van der Waals surface area contributed by atoms with Gasteiger partial charge >= 0.3 is 6.09 Å². The minimum Gasteiger partial charge on any atom is -0.481 e. The van der Waals surface area contributed by atoms with Gasteiger partial charge in [-0.15, -0.1) is 5.10 Å². The van der Waals surface area contributed by atoms with Crippen LogP contribution in [0.15, 0.2) is 73.2 Å². The van der Waals surface area contributed by atoms with Crippen LogP contribution >= 0.6 is 23.2 Å². The number of aromatic amines is 1. The summed E-state index contributed by atoms with van der Waals surface area (Å²) in [5, 5.41) is 17.6. The number of hydrogen-bond acceptors (Lipinski definition) is 9. The summed E-state index contributed by atoms with van der Waals surface area (Å²) in [7, 11) is 2.81. The van der Waals surface area contributed by atoms with E-state index in [4.69, 9.17) is 32.9 Å². The van der Waals surface area contributed by atoms with E-state index in [1.54, 1.807) is 60.8 Å². The third-order valence-electron chi connectivity index (χ3n) is 6.38. The SMILES string of the molecule is COC(=O)Nc1ccc(-c2nc(C(Cc3cccnc3OC)NC(=O)C=Cc3cc(Cl)ccc3-n3cnnn3)[nH]c2Cl)cc1. The zero-order chi connectivity index (χ0) is 31.1. The van der Waals surface area contributed by atoms with E-state index in [0.29, 0.717) is 44.9 Å². The molecule has 44 heavy (non-hydrogen) atoms. The van der Waals surface area contributed by atoms with Gasteiger partial charge in [0.15, 0.2) is 0 Å². The number of hydrogen-bond donors (Lipinski definition) is 3. The predicted octanol–water partition coefficient (Wildman–Crippen LogP) is 5.05. The molecular formula is C29H25Cl2N9O4. The van der Waals surface area contributed by atoms with Gasteiger partial charge in [0.05, 0.1) is 25.9 Å². The Kier molecular flexibility index (Phi) is 9.47. The number of aromatic nitrogens is 7. The van der Waals surface area contributed by atoms with Crippen molar-refractivity contribution in [3.63, 3.8) is 0 Å². The van der Waals surface area contributed by atoms with Crippen LogP contribution in [0.1, 0.15) is 23.0 Å². The zero-order valence-electron chi connectivity index (χ0n) is 23.4. The van der Waals surface area contributed by atoms with Crippen LogP contribution in [0.2, 0.25) is 10.2 Å². The normalized spacial score (nSPS) is 11.7. The fraction of sp³-hybridized carbons (Fsp3) is 0.138. The number of carbonyl (C=O) groups is 2. The molecule has 0 aliphatic rings. The van der Waals surface area contributed by atoms with Gasteiger partial charge in [-0.3, -0.25) is 10.1 Å². The molecule has 15 heteroatoms. The maximum Gasteiger partial charge on any atom is 0.411 e. The lowest BCUT2D eigenvalue weighted by Gasteiger charge is -2.17. The minimum absolute atomic E-state index is 0.270. The first-order valence-corrected chi connectivity index (χ1v) is 13.8. The largest absolute Gasteiger partial charge is 0.481 e. The number of carbonyl (C=O) groups excluding carboxylic acids is 2. The van der Waals surface area contributed by atoms with Crippen molar-refractivity contribution in [3.8, 4) is 22.8 Å². The maximum atomic E-state index is 13.3. The van der Waals surface area contributed by atoms with E-state index >= 15 is 0 Å². The second kappa shape index (κ2) is 13.8. The Labute approximate surface area is 261 Å². The number of anilines is 1. The van der Waals surface area contributed by atoms with Crippen LogP contribution in [0.4, 0.5) is 10.5 Å². The van der Waals surface area contributed by atoms with Crippen molar-refractivity contribution in [2.24, 2.45) is 0 Å². The predicted molar refractivity (Wildman–Crippen MR) is 164 cm³/mol. The summed E-state index contributed by atoms with van der Waals surface area (Å²) in [6, 6.07) is 15.0. The monoisotopic (exact) mass is 633 g/mol. The fourth-order valence-corrected chi connectivity index (χ4v) is 4.76. The van der Waals surface area contributed by atoms with Crippen molar-refractivity contribution in [3.05, 3.63) is 100 Å². The molecule has 0 radical (unpaired) electrons. The second-order valence-electron chi connectivity index (χ2n) is 9.21. The van der Waals surface area contributed by atoms with Gasteiger partial charge < -0.3 is 19.8 Å². The van der Waals surface area contributed by atoms with Gasteiger partial charge in [0.25, 0.3) is 0 Å². The van der Waals surface area contributed by atoms with Crippen molar-refractivity contribution in [2.45, 2.75) is 12.5 Å². The molecule has 1 atom stereocenters. The van der Waals surface area contributed by atoms with E-state index < -0.39 is 18.0 Å². The molecule has 0 fully saturated rings. The van der Waals surface area contributed by atoms with Crippen molar-refractivity contribution in [1.82, 2.24) is 40.5 Å². The summed E-state index contributed by atoms with van der Waals surface area (Å²) < 4.78 is 11.5. The number of imidazole rings is 1. The van der Waals surface area contributed by atoms with Crippen molar-refractivity contribution >= 4 is 47.0 Å². The molecule has 224 valence electrons. The molecule has 0 aliphatic carbocycles. The molecule has 2 aromatic carbocycles. The van der Waals surface area contributed by atoms with Crippen molar-refractivity contribution in [2.75, 3.05) is 19.5 Å². The van der Waals surface area contributed by atoms with Crippen LogP contribution in [0.5, 0.6) is 5.88 Å². The Morgan fingerprint density at radius 3 is 2.66 bits per heavy atom. The average molecular weight is 634 g/mol. The van der Waals surface area contributed by atoms with Gasteiger partial charge in [-0.2, -0.15) is 4.68 Å². The van der Waals surface area contributed by atoms with Crippen LogP contribution in [-0.2, 0) is 16.0 Å². The lowest BCUT2D eigenvalue weighted by atomic mass is 10.1. The topological polar surface area (TPSA) is 162 Å². The Morgan fingerprint density at radius 1 is 1.11 bits per heavy atom. The maximum absolute atomic E-state index is 13.3. The fourth-order valence-electron chi connectivity index (χ4n) is 4.33. The molecule has 0 saturated carbocycles. The van der Waals surface area contributed by atoms with Crippen LogP contribution in [0, 0.1) is 0 Å². The van der Waals surface area contributed by atoms with Gasteiger partial charge in [-0.1, -0.05) is 41.4 Å². The number of benzene rings is 2. The Morgan fingerprint density at radius 2 is 1.93 bits per heavy atom. The quantitative estimate of drug-likeness (QED) is 0.179. The third-order valence-corrected chi connectivity index (χ3v) is 6.89. The molecule has 5 aromatic rings. The van der Waals surface area contributed by atoms with E-state index in [0.717, 1.165) is 5.56 Å². The Hall–Kier alpha value is -5.27. The van der Waals surface area contributed by atoms with Crippen molar-refractivity contribution < 1.29 is 19.1 Å². The minimum atomic E-state index is -0.657. The van der Waals surface area contributed by atoms with E-state index in [-0.39, 0.29) is 11.6 Å². The molecule has 3 heterocycles. The zero-order valence-corrected chi connectivity index (χ0v) is 24.9. The molecule has 3 aromatic heterocycles. The average Bonchev–Trinajstić information content (AvgIpc) is 3.71. The van der Waals surface area contributed by atoms with E-state index in [2.05, 4.69) is 40.9 Å². The highest BCUT2D eigenvalue weighted by Gasteiger charge is 2.23. The first kappa shape index (κ1) is 30.2. The highest BCUT2D eigenvalue weighted by atomic mass is 35.5. The molecule has 13 nitrogen and oxygen atoms in total. The standard InChI is InChI=1S/C29H25Cl2N9O4/c1-43-28-19(4-3-13-32-28)15-22(27-36-25(26(31)37-27)17-5-9-21(10-6-17)34-29(42)44-2)35-24(41)12-7-18-14-20(30)8-11-23(18)40-16-33-38-39-40/h3-14,16,22H,15H2,1-2H3,(H,34,42)(H,35,41)(H,36,37). The highest BCUT2D eigenvalue weighted by molar-refractivity contribution is 6.32. The summed E-state index contributed by atoms with van der Waals surface area (Å²) >= 11 is 12.8. The summed E-state index contributed by atoms with van der Waals surface area (Å²) in [6.45, 7) is 0. The second-order valence-corrected chi connectivity index (χ2v) is 10.0. The van der Waals surface area contributed by atoms with Crippen molar-refractivity contribution in [1.29, 1.82) is 0 Å². The van der Waals surface area contributed by atoms with E-state index in [9.17, 15) is 9.59 Å². The van der Waals surface area contributed by atoms with Crippen LogP contribution in [0.25, 0.3) is 23.0 Å². The lowest BCUT2D eigenvalue weighted by Crippen LogP contribution is -2.29. The molecular weight excluding hydrogens is 609 g/mol. The molecule has 0 spiro atoms. The third kappa shape index (κ3) is 7.19. The molecule has 0 saturated heterocycles. The number of methoxy groups -OCH3 is 2. The van der Waals surface area contributed by atoms with Gasteiger partial charge in [0.2, 0.25) is 11.8 Å². The molecule has 5 rings (SSSR count). The van der Waals surface area contributed by atoms with Crippen LogP contribution in [0.3, 0.4) is 0 Å². The molecule has 0 bridgehead atoms. The number of tetrazole rings is 1. The molecule has 0 aliphatic heterocycles. The van der Waals surface area contributed by atoms with Crippen LogP contribution in [-0.4, -0.2) is 61.4 Å². The number of amides is 2. The summed E-state index contributed by atoms with van der Waals surface area (Å²) in [4.78, 5) is 36.9. The Bertz CT molecular complexity index is 1790. The number of ether oxygens (including phenoxy) is 2. The van der Waals surface area contributed by atoms with Gasteiger partial charge in [0.1, 0.15) is 23.0 Å². The molecule has 1 unspecified atom stereocenters. The number of nitrogens with zero attached hydrogens (tertiary/aromatic N) is 6. The number of H-pyrrole nitrogens is 1. The summed E-state index contributed by atoms with van der Waals surface area (Å²) in [5.41, 5.74) is 3.69. The molecule has 3 N–H and O–H groups in total. The number of halogens is 2.